The number of benzene rings is 1. The first-order chi connectivity index (χ1) is 25.6. The van der Waals surface area contributed by atoms with Crippen LogP contribution in [-0.2, 0) is 35.2 Å². The van der Waals surface area contributed by atoms with Crippen molar-refractivity contribution in [2.24, 2.45) is 62.1 Å². The van der Waals surface area contributed by atoms with Gasteiger partial charge in [-0.2, -0.15) is 0 Å². The number of halogens is 1. The molecular weight excluding hydrogens is 714 g/mol. The van der Waals surface area contributed by atoms with Crippen LogP contribution in [0.25, 0.3) is 0 Å². The van der Waals surface area contributed by atoms with Crippen LogP contribution in [0.4, 0.5) is 0 Å². The van der Waals surface area contributed by atoms with E-state index in [1.54, 1.807) is 13.8 Å². The zero-order chi connectivity index (χ0) is 39.9. The maximum Gasteiger partial charge on any atom is 0.320 e. The first-order valence-corrected chi connectivity index (χ1v) is 21.3. The summed E-state index contributed by atoms with van der Waals surface area (Å²) in [6.07, 6.45) is 6.87. The fourth-order valence-electron chi connectivity index (χ4n) is 14.9. The van der Waals surface area contributed by atoms with Crippen molar-refractivity contribution >= 4 is 35.3 Å². The molecule has 10 atom stereocenters. The third-order valence-electron chi connectivity index (χ3n) is 17.6. The second-order valence-corrected chi connectivity index (χ2v) is 21.7. The molecule has 6 fully saturated rings. The average molecular weight is 776 g/mol. The molecule has 8 nitrogen and oxygen atoms in total. The Kier molecular flexibility index (Phi) is 8.82. The Morgan fingerprint density at radius 2 is 1.65 bits per heavy atom. The largest absolute Gasteiger partial charge is 0.481 e. The van der Waals surface area contributed by atoms with Gasteiger partial charge in [0.15, 0.2) is 5.78 Å². The summed E-state index contributed by atoms with van der Waals surface area (Å²) in [5.41, 5.74) is 0.807. The second-order valence-electron chi connectivity index (χ2n) is 21.3. The first kappa shape index (κ1) is 39.1. The number of carbonyl (C=O) groups is 4. The van der Waals surface area contributed by atoms with Gasteiger partial charge in [-0.1, -0.05) is 72.2 Å². The Hall–Kier alpha value is -2.71. The molecule has 6 aliphatic carbocycles. The number of ether oxygens (including phenoxy) is 2. The van der Waals surface area contributed by atoms with Gasteiger partial charge in [-0.25, -0.2) is 0 Å². The molecular formula is C46H62ClNO7. The van der Waals surface area contributed by atoms with E-state index in [4.69, 9.17) is 21.1 Å². The number of hydrogen-bond acceptors (Lipinski definition) is 7. The van der Waals surface area contributed by atoms with Crippen LogP contribution in [0.2, 0.25) is 5.02 Å². The van der Waals surface area contributed by atoms with Crippen LogP contribution in [0.15, 0.2) is 35.4 Å². The highest BCUT2D eigenvalue weighted by molar-refractivity contribution is 6.30. The zero-order valence-corrected chi connectivity index (χ0v) is 35.2. The normalized spacial score (nSPS) is 41.8. The molecule has 5 saturated carbocycles. The van der Waals surface area contributed by atoms with Crippen LogP contribution in [-0.4, -0.2) is 58.5 Å². The first-order valence-electron chi connectivity index (χ1n) is 21.0. The van der Waals surface area contributed by atoms with Gasteiger partial charge in [-0.05, 0) is 128 Å². The molecule has 1 heterocycles. The molecule has 2 spiro atoms. The fraction of sp³-hybridized carbons (Fsp3) is 0.739. The van der Waals surface area contributed by atoms with Crippen LogP contribution >= 0.6 is 11.6 Å². The second kappa shape index (κ2) is 12.4. The third kappa shape index (κ3) is 5.30. The molecule has 0 amide bonds. The van der Waals surface area contributed by atoms with Crippen molar-refractivity contribution < 1.29 is 33.8 Å². The standard InChI is InChI=1S/C46H62ClNO7/c1-26(2)37-30(49)20-45-33(46(45)25-48(24-36(51)55-46)23-27-10-12-28(47)13-11-27)21-44(9)29(38(37)45)14-15-32-42(7)18-17-34(54-35(50)22-40(3,4)39(52)53)41(5,6)31(42)16-19-43(32,44)8/h10-13,26,29,31-34H,14-25H2,1-9H3,(H,52,53)/t29-,31+,32-,33?,34+,42+,43-,44-,45+,46-/m1/s1. The lowest BCUT2D eigenvalue weighted by Gasteiger charge is -2.71. The number of esters is 2. The molecule has 0 radical (unpaired) electrons. The van der Waals surface area contributed by atoms with E-state index < -0.39 is 28.4 Å². The number of morpholine rings is 1. The van der Waals surface area contributed by atoms with Gasteiger partial charge in [-0.3, -0.25) is 24.1 Å². The highest BCUT2D eigenvalue weighted by Gasteiger charge is 2.88. The van der Waals surface area contributed by atoms with E-state index in [-0.39, 0.29) is 70.2 Å². The number of carboxylic acids is 1. The maximum atomic E-state index is 14.3. The van der Waals surface area contributed by atoms with Gasteiger partial charge in [0.25, 0.3) is 0 Å². The summed E-state index contributed by atoms with van der Waals surface area (Å²) < 4.78 is 12.9. The number of allylic oxidation sites excluding steroid dienone is 1. The summed E-state index contributed by atoms with van der Waals surface area (Å²) in [6.45, 7) is 21.1. The number of fused-ring (bicyclic) bond motifs is 7. The average Bonchev–Trinajstić information content (AvgIpc) is 3.38. The summed E-state index contributed by atoms with van der Waals surface area (Å²) in [5, 5.41) is 10.3. The summed E-state index contributed by atoms with van der Waals surface area (Å²) in [4.78, 5) is 55.2. The summed E-state index contributed by atoms with van der Waals surface area (Å²) in [6, 6.07) is 7.86. The van der Waals surface area contributed by atoms with Crippen LogP contribution in [0.1, 0.15) is 126 Å². The zero-order valence-electron chi connectivity index (χ0n) is 34.5. The molecule has 1 unspecified atom stereocenters. The van der Waals surface area contributed by atoms with Crippen molar-refractivity contribution in [1.29, 1.82) is 0 Å². The summed E-state index contributed by atoms with van der Waals surface area (Å²) in [5.74, 6) is -0.129. The molecule has 55 heavy (non-hydrogen) atoms. The monoisotopic (exact) mass is 775 g/mol. The Morgan fingerprint density at radius 1 is 0.964 bits per heavy atom. The molecule has 1 aromatic carbocycles. The Bertz CT molecular complexity index is 1870. The third-order valence-corrected chi connectivity index (χ3v) is 17.8. The van der Waals surface area contributed by atoms with E-state index in [0.29, 0.717) is 36.4 Å². The lowest BCUT2D eigenvalue weighted by Crippen LogP contribution is -2.65. The van der Waals surface area contributed by atoms with Gasteiger partial charge in [-0.15, -0.1) is 0 Å². The van der Waals surface area contributed by atoms with Gasteiger partial charge in [0.2, 0.25) is 0 Å². The van der Waals surface area contributed by atoms with Crippen LogP contribution < -0.4 is 0 Å². The van der Waals surface area contributed by atoms with Crippen LogP contribution in [0.5, 0.6) is 0 Å². The van der Waals surface area contributed by atoms with Gasteiger partial charge in [0.1, 0.15) is 11.7 Å². The number of carboxylic acid groups (broad SMARTS) is 1. The van der Waals surface area contributed by atoms with Crippen molar-refractivity contribution in [2.45, 2.75) is 138 Å². The molecule has 9 heteroatoms. The number of Topliss-reactive ketones (excluding diaryl/α,β-unsaturated/α-hetero) is 1. The van der Waals surface area contributed by atoms with Gasteiger partial charge in [0, 0.05) is 41.3 Å². The summed E-state index contributed by atoms with van der Waals surface area (Å²) >= 11 is 6.21. The van der Waals surface area contributed by atoms with Gasteiger partial charge >= 0.3 is 17.9 Å². The molecule has 300 valence electrons. The highest BCUT2D eigenvalue weighted by Crippen LogP contribution is 2.86. The molecule has 1 saturated heterocycles. The molecule has 7 aliphatic rings. The lowest BCUT2D eigenvalue weighted by molar-refractivity contribution is -0.232. The molecule has 1 aromatic rings. The predicted molar refractivity (Wildman–Crippen MR) is 210 cm³/mol. The molecule has 0 aromatic heterocycles. The number of nitrogens with zero attached hydrogens (tertiary/aromatic N) is 1. The smallest absolute Gasteiger partial charge is 0.320 e. The fourth-order valence-corrected chi connectivity index (χ4v) is 15.0. The Balaban J connectivity index is 1.12. The van der Waals surface area contributed by atoms with Crippen molar-refractivity contribution in [3.8, 4) is 0 Å². The lowest BCUT2D eigenvalue weighted by atomic mass is 9.33. The minimum Gasteiger partial charge on any atom is -0.481 e. The van der Waals surface area contributed by atoms with E-state index in [0.717, 1.165) is 56.1 Å². The number of hydrogen-bond donors (Lipinski definition) is 1. The predicted octanol–water partition coefficient (Wildman–Crippen LogP) is 9.07. The van der Waals surface area contributed by atoms with Crippen LogP contribution in [0.3, 0.4) is 0 Å². The highest BCUT2D eigenvalue weighted by atomic mass is 35.5. The maximum absolute atomic E-state index is 14.3. The van der Waals surface area contributed by atoms with E-state index >= 15 is 0 Å². The molecule has 0 bridgehead atoms. The van der Waals surface area contributed by atoms with Crippen molar-refractivity contribution in [2.75, 3.05) is 13.1 Å². The Labute approximate surface area is 332 Å². The van der Waals surface area contributed by atoms with Crippen molar-refractivity contribution in [3.05, 3.63) is 46.0 Å². The van der Waals surface area contributed by atoms with E-state index in [9.17, 15) is 24.3 Å². The topological polar surface area (TPSA) is 110 Å². The number of ketones is 1. The number of carbonyl (C=O) groups excluding carboxylic acids is 3. The SMILES string of the molecule is CC(C)C1=C2[C@H]3CC[C@@H]4[C@@]5(C)CC[C@H](OC(=O)CC(C)(C)C(=O)O)C(C)(C)[C@@H]5CC[C@@]4(C)[C@]3(C)CC3[C@]4(CN(Cc5ccc(Cl)cc5)CC(=O)O4)[C@]23CC1=O. The van der Waals surface area contributed by atoms with E-state index in [1.165, 1.54) is 5.57 Å². The van der Waals surface area contributed by atoms with E-state index in [1.807, 2.05) is 24.3 Å². The van der Waals surface area contributed by atoms with Crippen LogP contribution in [0, 0.1) is 62.1 Å². The Morgan fingerprint density at radius 3 is 2.31 bits per heavy atom. The van der Waals surface area contributed by atoms with E-state index in [2.05, 4.69) is 53.4 Å². The number of aliphatic carboxylic acids is 1. The van der Waals surface area contributed by atoms with Crippen molar-refractivity contribution in [3.63, 3.8) is 0 Å². The van der Waals surface area contributed by atoms with Crippen molar-refractivity contribution in [1.82, 2.24) is 4.90 Å². The quantitative estimate of drug-likeness (QED) is 0.273. The molecule has 8 rings (SSSR count). The summed E-state index contributed by atoms with van der Waals surface area (Å²) in [7, 11) is 0. The minimum atomic E-state index is -1.18. The molecule has 1 N–H and O–H groups in total. The van der Waals surface area contributed by atoms with Gasteiger partial charge in [0.05, 0.1) is 18.4 Å². The molecule has 1 aliphatic heterocycles. The number of rotatable bonds is 7. The van der Waals surface area contributed by atoms with Gasteiger partial charge < -0.3 is 14.6 Å². The minimum absolute atomic E-state index is 0.00932.